The van der Waals surface area contributed by atoms with Gasteiger partial charge in [-0.1, -0.05) is 48.5 Å². The highest BCUT2D eigenvalue weighted by atomic mass is 16.2. The summed E-state index contributed by atoms with van der Waals surface area (Å²) in [7, 11) is 3.67. The lowest BCUT2D eigenvalue weighted by molar-refractivity contribution is -0.133. The van der Waals surface area contributed by atoms with Crippen LogP contribution in [-0.2, 0) is 11.3 Å². The summed E-state index contributed by atoms with van der Waals surface area (Å²) in [5.41, 5.74) is 4.26. The fourth-order valence-corrected chi connectivity index (χ4v) is 3.89. The second-order valence-electron chi connectivity index (χ2n) is 7.51. The quantitative estimate of drug-likeness (QED) is 0.685. The minimum atomic E-state index is -0.0429. The van der Waals surface area contributed by atoms with Crippen LogP contribution in [0.4, 0.5) is 0 Å². The van der Waals surface area contributed by atoms with Crippen molar-refractivity contribution in [1.29, 1.82) is 0 Å². The van der Waals surface area contributed by atoms with Gasteiger partial charge in [0.2, 0.25) is 5.91 Å². The zero-order chi connectivity index (χ0) is 19.5. The molecule has 4 rings (SSSR count). The molecular weight excluding hydrogens is 348 g/mol. The molecule has 0 saturated carbocycles. The molecule has 1 aliphatic rings. The van der Waals surface area contributed by atoms with Crippen molar-refractivity contribution >= 4 is 5.91 Å². The van der Waals surface area contributed by atoms with Crippen LogP contribution in [0.2, 0.25) is 0 Å². The summed E-state index contributed by atoms with van der Waals surface area (Å²) in [5.74, 6) is 0.189. The summed E-state index contributed by atoms with van der Waals surface area (Å²) >= 11 is 0. The average molecular weight is 374 g/mol. The van der Waals surface area contributed by atoms with Gasteiger partial charge in [0.25, 0.3) is 0 Å². The maximum absolute atomic E-state index is 12.6. The van der Waals surface area contributed by atoms with Gasteiger partial charge in [-0.25, -0.2) is 4.68 Å². The van der Waals surface area contributed by atoms with E-state index in [1.807, 2.05) is 55.2 Å². The van der Waals surface area contributed by atoms with Crippen LogP contribution in [0.25, 0.3) is 16.9 Å². The number of benzene rings is 2. The van der Waals surface area contributed by atoms with E-state index in [9.17, 15) is 4.79 Å². The molecule has 28 heavy (non-hydrogen) atoms. The van der Waals surface area contributed by atoms with E-state index < -0.39 is 0 Å². The molecule has 2 aromatic carbocycles. The molecule has 1 saturated heterocycles. The van der Waals surface area contributed by atoms with Gasteiger partial charge in [0, 0.05) is 38.0 Å². The molecule has 5 heteroatoms. The van der Waals surface area contributed by atoms with Gasteiger partial charge in [-0.2, -0.15) is 5.10 Å². The van der Waals surface area contributed by atoms with Gasteiger partial charge in [-0.3, -0.25) is 9.69 Å². The molecule has 1 atom stereocenters. The van der Waals surface area contributed by atoms with Gasteiger partial charge in [0.15, 0.2) is 0 Å². The van der Waals surface area contributed by atoms with E-state index in [0.29, 0.717) is 0 Å². The number of likely N-dealkylation sites (N-methyl/N-ethyl adjacent to an activating group) is 1. The van der Waals surface area contributed by atoms with Gasteiger partial charge in [0.1, 0.15) is 0 Å². The van der Waals surface area contributed by atoms with Crippen LogP contribution in [0, 0.1) is 0 Å². The van der Waals surface area contributed by atoms with Gasteiger partial charge in [0.05, 0.1) is 17.4 Å². The van der Waals surface area contributed by atoms with Crippen LogP contribution >= 0.6 is 0 Å². The van der Waals surface area contributed by atoms with Crippen molar-refractivity contribution in [1.82, 2.24) is 19.6 Å². The number of likely N-dealkylation sites (tertiary alicyclic amines) is 1. The molecular formula is C23H26N4O. The van der Waals surface area contributed by atoms with Crippen molar-refractivity contribution in [3.8, 4) is 16.9 Å². The van der Waals surface area contributed by atoms with Crippen LogP contribution in [0.5, 0.6) is 0 Å². The minimum Gasteiger partial charge on any atom is -0.347 e. The number of para-hydroxylation sites is 1. The van der Waals surface area contributed by atoms with Gasteiger partial charge >= 0.3 is 0 Å². The van der Waals surface area contributed by atoms with Crippen LogP contribution < -0.4 is 0 Å². The first-order chi connectivity index (χ1) is 13.6. The summed E-state index contributed by atoms with van der Waals surface area (Å²) in [5, 5.41) is 4.89. The molecule has 1 fully saturated rings. The van der Waals surface area contributed by atoms with E-state index in [2.05, 4.69) is 35.4 Å². The molecule has 5 nitrogen and oxygen atoms in total. The second-order valence-corrected chi connectivity index (χ2v) is 7.51. The van der Waals surface area contributed by atoms with Crippen LogP contribution in [0.3, 0.4) is 0 Å². The predicted molar refractivity (Wildman–Crippen MR) is 111 cm³/mol. The lowest BCUT2D eigenvalue weighted by atomic mass is 10.1. The Hall–Kier alpha value is -2.92. The van der Waals surface area contributed by atoms with Crippen molar-refractivity contribution < 1.29 is 4.79 Å². The molecule has 144 valence electrons. The number of carbonyl (C=O) groups is 1. The third kappa shape index (κ3) is 3.71. The third-order valence-electron chi connectivity index (χ3n) is 5.32. The van der Waals surface area contributed by atoms with E-state index in [-0.39, 0.29) is 11.9 Å². The molecule has 0 spiro atoms. The average Bonchev–Trinajstić information content (AvgIpc) is 3.36. The first-order valence-corrected chi connectivity index (χ1v) is 9.78. The number of amides is 1. The lowest BCUT2D eigenvalue weighted by Crippen LogP contribution is -2.42. The number of rotatable bonds is 5. The van der Waals surface area contributed by atoms with Crippen LogP contribution in [0.1, 0.15) is 18.4 Å². The van der Waals surface area contributed by atoms with Crippen molar-refractivity contribution in [3.63, 3.8) is 0 Å². The summed E-state index contributed by atoms with van der Waals surface area (Å²) < 4.78 is 1.94. The van der Waals surface area contributed by atoms with E-state index in [1.165, 1.54) is 0 Å². The highest BCUT2D eigenvalue weighted by Crippen LogP contribution is 2.28. The molecule has 0 unspecified atom stereocenters. The van der Waals surface area contributed by atoms with Crippen molar-refractivity contribution in [2.24, 2.45) is 0 Å². The summed E-state index contributed by atoms with van der Waals surface area (Å²) in [6, 6.07) is 20.4. The van der Waals surface area contributed by atoms with Crippen molar-refractivity contribution in [2.75, 3.05) is 20.6 Å². The van der Waals surface area contributed by atoms with Gasteiger partial charge in [-0.05, 0) is 31.5 Å². The summed E-state index contributed by atoms with van der Waals surface area (Å²) in [6.07, 6.45) is 4.08. The summed E-state index contributed by atoms with van der Waals surface area (Å²) in [6.45, 7) is 1.66. The fourth-order valence-electron chi connectivity index (χ4n) is 3.89. The Balaban J connectivity index is 1.69. The molecule has 1 aliphatic heterocycles. The summed E-state index contributed by atoms with van der Waals surface area (Å²) in [4.78, 5) is 16.6. The Labute approximate surface area is 166 Å². The van der Waals surface area contributed by atoms with Gasteiger partial charge in [-0.15, -0.1) is 0 Å². The predicted octanol–water partition coefficient (Wildman–Crippen LogP) is 3.59. The Kier molecular flexibility index (Phi) is 5.26. The number of hydrogen-bond donors (Lipinski definition) is 0. The first-order valence-electron chi connectivity index (χ1n) is 9.78. The molecule has 1 aromatic heterocycles. The molecule has 0 radical (unpaired) electrons. The monoisotopic (exact) mass is 374 g/mol. The normalized spacial score (nSPS) is 17.0. The van der Waals surface area contributed by atoms with E-state index in [0.717, 1.165) is 48.4 Å². The Morgan fingerprint density at radius 1 is 1.07 bits per heavy atom. The Bertz CT molecular complexity index is 934. The SMILES string of the molecule is CN(C)C(=O)[C@H]1CCCN1Cc1cn(-c2ccccc2)nc1-c1ccccc1. The van der Waals surface area contributed by atoms with E-state index >= 15 is 0 Å². The van der Waals surface area contributed by atoms with Crippen molar-refractivity contribution in [2.45, 2.75) is 25.4 Å². The number of nitrogens with zero attached hydrogens (tertiary/aromatic N) is 4. The standard InChI is InChI=1S/C23H26N4O/c1-25(2)23(28)21-14-9-15-26(21)16-19-17-27(20-12-7-4-8-13-20)24-22(19)18-10-5-3-6-11-18/h3-8,10-13,17,21H,9,14-16H2,1-2H3/t21-/m1/s1. The zero-order valence-electron chi connectivity index (χ0n) is 16.5. The molecule has 0 N–H and O–H groups in total. The fraction of sp³-hybridized carbons (Fsp3) is 0.304. The Morgan fingerprint density at radius 3 is 2.43 bits per heavy atom. The Morgan fingerprint density at radius 2 is 1.75 bits per heavy atom. The van der Waals surface area contributed by atoms with Crippen LogP contribution in [0.15, 0.2) is 66.9 Å². The van der Waals surface area contributed by atoms with E-state index in [4.69, 9.17) is 5.10 Å². The molecule has 0 aliphatic carbocycles. The highest BCUT2D eigenvalue weighted by molar-refractivity contribution is 5.81. The first kappa shape index (κ1) is 18.4. The van der Waals surface area contributed by atoms with E-state index in [1.54, 1.807) is 4.90 Å². The molecule has 0 bridgehead atoms. The smallest absolute Gasteiger partial charge is 0.239 e. The number of carbonyl (C=O) groups excluding carboxylic acids is 1. The number of hydrogen-bond acceptors (Lipinski definition) is 3. The third-order valence-corrected chi connectivity index (χ3v) is 5.32. The maximum atomic E-state index is 12.6. The molecule has 1 amide bonds. The van der Waals surface area contributed by atoms with Crippen molar-refractivity contribution in [3.05, 3.63) is 72.4 Å². The highest BCUT2D eigenvalue weighted by Gasteiger charge is 2.32. The van der Waals surface area contributed by atoms with Crippen LogP contribution in [-0.4, -0.2) is 52.2 Å². The topological polar surface area (TPSA) is 41.4 Å². The maximum Gasteiger partial charge on any atom is 0.239 e. The zero-order valence-corrected chi connectivity index (χ0v) is 16.5. The molecule has 3 aromatic rings. The largest absolute Gasteiger partial charge is 0.347 e. The second kappa shape index (κ2) is 7.98. The minimum absolute atomic E-state index is 0.0429. The molecule has 2 heterocycles. The lowest BCUT2D eigenvalue weighted by Gasteiger charge is -2.25. The van der Waals surface area contributed by atoms with Gasteiger partial charge < -0.3 is 4.90 Å². The number of aromatic nitrogens is 2.